The monoisotopic (exact) mass is 390 g/mol. The summed E-state index contributed by atoms with van der Waals surface area (Å²) in [4.78, 5) is 24.6. The summed E-state index contributed by atoms with van der Waals surface area (Å²) in [6.45, 7) is 3.51. The number of rotatable bonds is 4. The maximum absolute atomic E-state index is 12.8. The summed E-state index contributed by atoms with van der Waals surface area (Å²) in [5.41, 5.74) is 0.146. The lowest BCUT2D eigenvalue weighted by atomic mass is 10.2. The van der Waals surface area contributed by atoms with E-state index in [1.807, 2.05) is 6.92 Å². The molecule has 0 spiro atoms. The van der Waals surface area contributed by atoms with Crippen LogP contribution in [-0.4, -0.2) is 38.0 Å². The number of carboxylic acids is 1. The van der Waals surface area contributed by atoms with Crippen molar-refractivity contribution in [3.63, 3.8) is 0 Å². The zero-order valence-electron chi connectivity index (χ0n) is 14.7. The van der Waals surface area contributed by atoms with Crippen molar-refractivity contribution in [3.8, 4) is 5.75 Å². The predicted octanol–water partition coefficient (Wildman–Crippen LogP) is 2.32. The quantitative estimate of drug-likeness (QED) is 0.828. The molecule has 2 aromatic rings. The molecule has 1 unspecified atom stereocenters. The van der Waals surface area contributed by atoms with E-state index in [2.05, 4.69) is 4.72 Å². The van der Waals surface area contributed by atoms with Gasteiger partial charge in [0.15, 0.2) is 0 Å². The predicted molar refractivity (Wildman–Crippen MR) is 98.8 cm³/mol. The summed E-state index contributed by atoms with van der Waals surface area (Å²) < 4.78 is 33.5. The first-order valence-electron chi connectivity index (χ1n) is 8.13. The average molecular weight is 390 g/mol. The largest absolute Gasteiger partial charge is 0.487 e. The molecule has 142 valence electrons. The van der Waals surface area contributed by atoms with Crippen molar-refractivity contribution >= 4 is 33.3 Å². The first-order valence-corrected chi connectivity index (χ1v) is 9.61. The van der Waals surface area contributed by atoms with E-state index in [4.69, 9.17) is 4.74 Å². The van der Waals surface area contributed by atoms with Gasteiger partial charge in [-0.2, -0.15) is 0 Å². The summed E-state index contributed by atoms with van der Waals surface area (Å²) in [6, 6.07) is 9.88. The molecule has 1 amide bonds. The van der Waals surface area contributed by atoms with Gasteiger partial charge in [0, 0.05) is 6.92 Å². The van der Waals surface area contributed by atoms with Crippen molar-refractivity contribution in [3.05, 3.63) is 48.0 Å². The molecule has 0 aromatic heterocycles. The van der Waals surface area contributed by atoms with Crippen LogP contribution in [0.25, 0.3) is 0 Å². The smallest absolute Gasteiger partial charge is 0.337 e. The minimum atomic E-state index is -4.07. The second-order valence-electron chi connectivity index (χ2n) is 6.14. The summed E-state index contributed by atoms with van der Waals surface area (Å²) in [5.74, 6) is -1.07. The van der Waals surface area contributed by atoms with Crippen LogP contribution in [0.5, 0.6) is 5.75 Å². The summed E-state index contributed by atoms with van der Waals surface area (Å²) >= 11 is 0. The standard InChI is InChI=1S/C18H18N2O6S/c1-11-10-20(12(2)21)16-9-13(7-8-17(16)26-11)27(24,25)19-15-6-4-3-5-14(15)18(22)23/h3-9,11,19H,10H2,1-2H3,(H,22,23). The van der Waals surface area contributed by atoms with Gasteiger partial charge in [-0.3, -0.25) is 9.52 Å². The first-order chi connectivity index (χ1) is 12.7. The molecule has 27 heavy (non-hydrogen) atoms. The van der Waals surface area contributed by atoms with Crippen molar-refractivity contribution in [2.75, 3.05) is 16.2 Å². The lowest BCUT2D eigenvalue weighted by molar-refractivity contribution is -0.117. The van der Waals surface area contributed by atoms with Gasteiger partial charge in [-0.1, -0.05) is 12.1 Å². The van der Waals surface area contributed by atoms with E-state index in [9.17, 15) is 23.1 Å². The van der Waals surface area contributed by atoms with Crippen molar-refractivity contribution in [2.24, 2.45) is 0 Å². The molecule has 1 atom stereocenters. The third-order valence-electron chi connectivity index (χ3n) is 4.08. The number of hydrogen-bond acceptors (Lipinski definition) is 5. The van der Waals surface area contributed by atoms with Crippen LogP contribution >= 0.6 is 0 Å². The summed E-state index contributed by atoms with van der Waals surface area (Å²) in [5, 5.41) is 9.22. The number of para-hydroxylation sites is 1. The molecule has 0 saturated carbocycles. The average Bonchev–Trinajstić information content (AvgIpc) is 2.60. The van der Waals surface area contributed by atoms with E-state index in [1.165, 1.54) is 54.3 Å². The van der Waals surface area contributed by atoms with Crippen molar-refractivity contribution in [1.29, 1.82) is 0 Å². The topological polar surface area (TPSA) is 113 Å². The number of sulfonamides is 1. The Labute approximate surface area is 156 Å². The van der Waals surface area contributed by atoms with Gasteiger partial charge in [-0.05, 0) is 37.3 Å². The van der Waals surface area contributed by atoms with Gasteiger partial charge in [-0.15, -0.1) is 0 Å². The van der Waals surface area contributed by atoms with E-state index in [1.54, 1.807) is 0 Å². The fourth-order valence-corrected chi connectivity index (χ4v) is 3.94. The SMILES string of the molecule is CC(=O)N1CC(C)Oc2ccc(S(=O)(=O)Nc3ccccc3C(=O)O)cc21. The molecule has 1 aliphatic rings. The molecule has 1 heterocycles. The normalized spacial score (nSPS) is 16.2. The number of carbonyl (C=O) groups is 2. The van der Waals surface area contributed by atoms with Gasteiger partial charge in [0.05, 0.1) is 28.4 Å². The van der Waals surface area contributed by atoms with Crippen LogP contribution in [0.3, 0.4) is 0 Å². The number of nitrogens with zero attached hydrogens (tertiary/aromatic N) is 1. The number of aromatic carboxylic acids is 1. The minimum absolute atomic E-state index is 0.0454. The molecular weight excluding hydrogens is 372 g/mol. The third kappa shape index (κ3) is 3.72. The van der Waals surface area contributed by atoms with Gasteiger partial charge in [0.25, 0.3) is 10.0 Å². The van der Waals surface area contributed by atoms with Crippen molar-refractivity contribution in [2.45, 2.75) is 24.8 Å². The molecule has 2 aromatic carbocycles. The number of nitrogens with one attached hydrogen (secondary N) is 1. The number of ether oxygens (including phenoxy) is 1. The van der Waals surface area contributed by atoms with Gasteiger partial charge < -0.3 is 14.7 Å². The number of hydrogen-bond donors (Lipinski definition) is 2. The summed E-state index contributed by atoms with van der Waals surface area (Å²) in [6.07, 6.45) is -0.218. The zero-order valence-corrected chi connectivity index (χ0v) is 15.5. The number of benzene rings is 2. The number of carbonyl (C=O) groups excluding carboxylic acids is 1. The van der Waals surface area contributed by atoms with E-state index >= 15 is 0 Å². The Morgan fingerprint density at radius 3 is 2.59 bits per heavy atom. The van der Waals surface area contributed by atoms with E-state index < -0.39 is 16.0 Å². The molecule has 0 bridgehead atoms. The van der Waals surface area contributed by atoms with Crippen LogP contribution in [0, 0.1) is 0 Å². The van der Waals surface area contributed by atoms with Gasteiger partial charge in [-0.25, -0.2) is 13.2 Å². The Morgan fingerprint density at radius 2 is 1.93 bits per heavy atom. The van der Waals surface area contributed by atoms with E-state index in [-0.39, 0.29) is 28.2 Å². The molecule has 0 fully saturated rings. The maximum Gasteiger partial charge on any atom is 0.337 e. The Bertz CT molecular complexity index is 1020. The van der Waals surface area contributed by atoms with Crippen LogP contribution in [0.15, 0.2) is 47.4 Å². The van der Waals surface area contributed by atoms with Gasteiger partial charge in [0.1, 0.15) is 11.9 Å². The van der Waals surface area contributed by atoms with E-state index in [0.29, 0.717) is 18.0 Å². The van der Waals surface area contributed by atoms with Crippen LogP contribution in [-0.2, 0) is 14.8 Å². The molecule has 0 saturated heterocycles. The lowest BCUT2D eigenvalue weighted by Gasteiger charge is -2.33. The second kappa shape index (κ2) is 6.92. The number of carboxylic acid groups (broad SMARTS) is 1. The van der Waals surface area contributed by atoms with Gasteiger partial charge >= 0.3 is 5.97 Å². The molecule has 3 rings (SSSR count). The Morgan fingerprint density at radius 1 is 1.22 bits per heavy atom. The molecular formula is C18H18N2O6S. The number of fused-ring (bicyclic) bond motifs is 1. The van der Waals surface area contributed by atoms with Crippen LogP contribution < -0.4 is 14.4 Å². The fourth-order valence-electron chi connectivity index (χ4n) is 2.84. The lowest BCUT2D eigenvalue weighted by Crippen LogP contribution is -2.41. The molecule has 9 heteroatoms. The summed E-state index contributed by atoms with van der Waals surface area (Å²) in [7, 11) is -4.07. The fraction of sp³-hybridized carbons (Fsp3) is 0.222. The first kappa shape index (κ1) is 18.7. The van der Waals surface area contributed by atoms with Crippen molar-refractivity contribution in [1.82, 2.24) is 0 Å². The highest BCUT2D eigenvalue weighted by Gasteiger charge is 2.28. The van der Waals surface area contributed by atoms with Crippen LogP contribution in [0.1, 0.15) is 24.2 Å². The third-order valence-corrected chi connectivity index (χ3v) is 5.44. The van der Waals surface area contributed by atoms with Gasteiger partial charge in [0.2, 0.25) is 5.91 Å². The molecule has 8 nitrogen and oxygen atoms in total. The molecule has 0 aliphatic carbocycles. The van der Waals surface area contributed by atoms with Crippen LogP contribution in [0.4, 0.5) is 11.4 Å². The van der Waals surface area contributed by atoms with Crippen LogP contribution in [0.2, 0.25) is 0 Å². The Kier molecular flexibility index (Phi) is 4.79. The second-order valence-corrected chi connectivity index (χ2v) is 7.83. The highest BCUT2D eigenvalue weighted by atomic mass is 32.2. The number of amides is 1. The number of anilines is 2. The highest BCUT2D eigenvalue weighted by molar-refractivity contribution is 7.92. The Hall–Kier alpha value is -3.07. The molecule has 2 N–H and O–H groups in total. The maximum atomic E-state index is 12.8. The molecule has 1 aliphatic heterocycles. The Balaban J connectivity index is 2.01. The molecule has 0 radical (unpaired) electrons. The van der Waals surface area contributed by atoms with Crippen molar-refractivity contribution < 1.29 is 27.9 Å². The van der Waals surface area contributed by atoms with E-state index in [0.717, 1.165) is 0 Å². The highest BCUT2D eigenvalue weighted by Crippen LogP contribution is 2.36. The minimum Gasteiger partial charge on any atom is -0.487 e. The zero-order chi connectivity index (χ0) is 19.8.